The average Bonchev–Trinajstić information content (AvgIpc) is 3.10. The summed E-state index contributed by atoms with van der Waals surface area (Å²) < 4.78 is 41.0. The Bertz CT molecular complexity index is 1090. The van der Waals surface area contributed by atoms with Crippen molar-refractivity contribution in [2.24, 2.45) is 10.8 Å². The number of nitrogens with zero attached hydrogens (tertiary/aromatic N) is 2. The van der Waals surface area contributed by atoms with Gasteiger partial charge < -0.3 is 4.90 Å². The largest absolute Gasteiger partial charge is 0.416 e. The molecule has 2 aliphatic rings. The normalized spacial score (nSPS) is 24.6. The van der Waals surface area contributed by atoms with Gasteiger partial charge in [0.15, 0.2) is 0 Å². The van der Waals surface area contributed by atoms with E-state index in [1.54, 1.807) is 31.2 Å². The highest BCUT2D eigenvalue weighted by Gasteiger charge is 2.68. The van der Waals surface area contributed by atoms with Crippen LogP contribution in [-0.2, 0) is 23.8 Å². The summed E-state index contributed by atoms with van der Waals surface area (Å²) in [6.07, 6.45) is -1.09. The Balaban J connectivity index is 1.62. The molecule has 0 aromatic heterocycles. The van der Waals surface area contributed by atoms with Gasteiger partial charge in [-0.1, -0.05) is 35.9 Å². The molecule has 0 unspecified atom stereocenters. The van der Waals surface area contributed by atoms with Crippen molar-refractivity contribution in [3.63, 3.8) is 0 Å². The summed E-state index contributed by atoms with van der Waals surface area (Å²) in [6.45, 7) is 2.80. The summed E-state index contributed by atoms with van der Waals surface area (Å²) in [6, 6.07) is 13.1. The number of carbonyl (C=O) groups excluding carboxylic acids is 1. The van der Waals surface area contributed by atoms with Crippen molar-refractivity contribution in [1.29, 1.82) is 5.26 Å². The van der Waals surface area contributed by atoms with E-state index in [4.69, 9.17) is 16.9 Å². The van der Waals surface area contributed by atoms with E-state index in [-0.39, 0.29) is 16.7 Å². The van der Waals surface area contributed by atoms with Crippen LogP contribution in [0.15, 0.2) is 42.5 Å². The van der Waals surface area contributed by atoms with Gasteiger partial charge in [-0.25, -0.2) is 0 Å². The Morgan fingerprint density at radius 1 is 1.25 bits per heavy atom. The fraction of sp³-hybridized carbons (Fsp3) is 0.440. The van der Waals surface area contributed by atoms with Crippen LogP contribution in [0, 0.1) is 22.2 Å². The van der Waals surface area contributed by atoms with Crippen LogP contribution >= 0.6 is 11.6 Å². The van der Waals surface area contributed by atoms with Crippen LogP contribution in [0.1, 0.15) is 48.4 Å². The predicted octanol–water partition coefficient (Wildman–Crippen LogP) is 6.03. The first-order valence-electron chi connectivity index (χ1n) is 10.7. The summed E-state index contributed by atoms with van der Waals surface area (Å²) in [4.78, 5) is 13.7. The van der Waals surface area contributed by atoms with Crippen molar-refractivity contribution in [3.05, 3.63) is 69.7 Å². The molecule has 0 radical (unpaired) electrons. The molecule has 32 heavy (non-hydrogen) atoms. The maximum Gasteiger partial charge on any atom is 0.416 e. The first kappa shape index (κ1) is 22.7. The van der Waals surface area contributed by atoms with Crippen LogP contribution < -0.4 is 0 Å². The monoisotopic (exact) mass is 460 g/mol. The number of rotatable bonds is 5. The quantitative estimate of drug-likeness (QED) is 0.546. The van der Waals surface area contributed by atoms with E-state index in [1.807, 2.05) is 17.0 Å². The van der Waals surface area contributed by atoms with E-state index < -0.39 is 11.7 Å². The number of alkyl halides is 3. The van der Waals surface area contributed by atoms with Crippen LogP contribution in [0.3, 0.4) is 0 Å². The van der Waals surface area contributed by atoms with Gasteiger partial charge in [0.2, 0.25) is 5.91 Å². The van der Waals surface area contributed by atoms with Gasteiger partial charge in [0, 0.05) is 20.0 Å². The third-order valence-electron chi connectivity index (χ3n) is 7.37. The molecule has 2 atom stereocenters. The second-order valence-electron chi connectivity index (χ2n) is 9.19. The van der Waals surface area contributed by atoms with Gasteiger partial charge in [-0.2, -0.15) is 18.4 Å². The maximum atomic E-state index is 13.7. The van der Waals surface area contributed by atoms with Crippen LogP contribution in [-0.4, -0.2) is 23.9 Å². The third-order valence-corrected chi connectivity index (χ3v) is 7.69. The molecule has 2 aromatic rings. The Kier molecular flexibility index (Phi) is 5.75. The number of hydrogen-bond donors (Lipinski definition) is 0. The van der Waals surface area contributed by atoms with Crippen molar-refractivity contribution in [2.75, 3.05) is 13.1 Å². The Labute approximate surface area is 190 Å². The summed E-state index contributed by atoms with van der Waals surface area (Å²) in [5.41, 5.74) is 0.647. The number of likely N-dealkylation sites (tertiary alicyclic amines) is 1. The van der Waals surface area contributed by atoms with Gasteiger partial charge >= 0.3 is 6.18 Å². The molecule has 1 saturated carbocycles. The molecule has 4 rings (SSSR count). The van der Waals surface area contributed by atoms with Gasteiger partial charge in [0.1, 0.15) is 6.07 Å². The fourth-order valence-corrected chi connectivity index (χ4v) is 5.76. The average molecular weight is 461 g/mol. The maximum absolute atomic E-state index is 13.7. The Morgan fingerprint density at radius 2 is 2.00 bits per heavy atom. The standard InChI is InChI=1S/C25H24ClF3N2O/c1-17(32)31-11-10-24(16-31)15-23(24,9-8-18-6-7-20(14-30)22(26)12-18)13-19-4-2-3-5-21(19)25(27,28)29/h2-7,12H,8-11,13,15-16H2,1H3/t23-,24+/m1/s1. The Hall–Kier alpha value is -2.52. The zero-order chi connectivity index (χ0) is 23.1. The van der Waals surface area contributed by atoms with Crippen molar-refractivity contribution in [2.45, 2.75) is 45.2 Å². The minimum atomic E-state index is -4.40. The molecule has 2 fully saturated rings. The molecule has 1 aliphatic carbocycles. The fourth-order valence-electron chi connectivity index (χ4n) is 5.52. The van der Waals surface area contributed by atoms with Crippen molar-refractivity contribution in [1.82, 2.24) is 4.90 Å². The number of aryl methyl sites for hydroxylation is 1. The molecule has 0 bridgehead atoms. The highest BCUT2D eigenvalue weighted by Crippen LogP contribution is 2.71. The second kappa shape index (κ2) is 8.12. The highest BCUT2D eigenvalue weighted by molar-refractivity contribution is 6.31. The van der Waals surface area contributed by atoms with Crippen LogP contribution in [0.2, 0.25) is 5.02 Å². The lowest BCUT2D eigenvalue weighted by molar-refractivity contribution is -0.138. The van der Waals surface area contributed by atoms with Gasteiger partial charge in [-0.3, -0.25) is 4.79 Å². The van der Waals surface area contributed by atoms with Gasteiger partial charge in [-0.15, -0.1) is 0 Å². The summed E-state index contributed by atoms with van der Waals surface area (Å²) >= 11 is 6.18. The molecule has 0 N–H and O–H groups in total. The molecule has 1 amide bonds. The zero-order valence-corrected chi connectivity index (χ0v) is 18.6. The molecule has 168 valence electrons. The molecule has 1 aliphatic heterocycles. The summed E-state index contributed by atoms with van der Waals surface area (Å²) in [5, 5.41) is 9.47. The number of halogens is 4. The van der Waals surface area contributed by atoms with E-state index in [2.05, 4.69) is 0 Å². The molecular formula is C25H24ClF3N2O. The third kappa shape index (κ3) is 4.11. The minimum Gasteiger partial charge on any atom is -0.342 e. The van der Waals surface area contributed by atoms with E-state index in [0.717, 1.165) is 24.5 Å². The van der Waals surface area contributed by atoms with E-state index >= 15 is 0 Å². The molecule has 7 heteroatoms. The first-order chi connectivity index (χ1) is 15.1. The molecular weight excluding hydrogens is 437 g/mol. The van der Waals surface area contributed by atoms with Crippen LogP contribution in [0.4, 0.5) is 13.2 Å². The molecule has 1 saturated heterocycles. The van der Waals surface area contributed by atoms with Crippen molar-refractivity contribution >= 4 is 17.5 Å². The number of amides is 1. The topological polar surface area (TPSA) is 44.1 Å². The smallest absolute Gasteiger partial charge is 0.342 e. The molecule has 3 nitrogen and oxygen atoms in total. The molecule has 2 aromatic carbocycles. The van der Waals surface area contributed by atoms with Gasteiger partial charge in [-0.05, 0) is 72.3 Å². The van der Waals surface area contributed by atoms with Gasteiger partial charge in [0.25, 0.3) is 0 Å². The first-order valence-corrected chi connectivity index (χ1v) is 11.1. The zero-order valence-electron chi connectivity index (χ0n) is 17.8. The van der Waals surface area contributed by atoms with Crippen LogP contribution in [0.5, 0.6) is 0 Å². The van der Waals surface area contributed by atoms with Crippen LogP contribution in [0.25, 0.3) is 0 Å². The SMILES string of the molecule is CC(=O)N1CC[C@@]2(C1)C[C@@]2(CCc1ccc(C#N)c(Cl)c1)Cc1ccccc1C(F)(F)F. The second-order valence-corrected chi connectivity index (χ2v) is 9.59. The van der Waals surface area contributed by atoms with E-state index in [1.165, 1.54) is 6.07 Å². The lowest BCUT2D eigenvalue weighted by atomic mass is 9.80. The van der Waals surface area contributed by atoms with Gasteiger partial charge in [0.05, 0.1) is 16.1 Å². The number of benzene rings is 2. The lowest BCUT2D eigenvalue weighted by Crippen LogP contribution is -2.28. The summed E-state index contributed by atoms with van der Waals surface area (Å²) in [5.74, 6) is 0.0113. The number of hydrogen-bond acceptors (Lipinski definition) is 2. The number of carbonyl (C=O) groups is 1. The number of nitriles is 1. The van der Waals surface area contributed by atoms with Crippen molar-refractivity contribution < 1.29 is 18.0 Å². The lowest BCUT2D eigenvalue weighted by Gasteiger charge is -2.25. The van der Waals surface area contributed by atoms with E-state index in [9.17, 15) is 18.0 Å². The van der Waals surface area contributed by atoms with E-state index in [0.29, 0.717) is 48.5 Å². The highest BCUT2D eigenvalue weighted by atomic mass is 35.5. The minimum absolute atomic E-state index is 0.0113. The Morgan fingerprint density at radius 3 is 2.62 bits per heavy atom. The molecule has 1 spiro atoms. The predicted molar refractivity (Wildman–Crippen MR) is 116 cm³/mol. The summed E-state index contributed by atoms with van der Waals surface area (Å²) in [7, 11) is 0. The molecule has 1 heterocycles. The van der Waals surface area contributed by atoms with Crippen molar-refractivity contribution in [3.8, 4) is 6.07 Å².